The van der Waals surface area contributed by atoms with Gasteiger partial charge in [-0.05, 0) is 38.9 Å². The fourth-order valence-electron chi connectivity index (χ4n) is 2.96. The van der Waals surface area contributed by atoms with E-state index >= 15 is 0 Å². The first-order chi connectivity index (χ1) is 6.74. The number of rotatable bonds is 2. The molecule has 3 atom stereocenters. The number of nitrogens with zero attached hydrogens (tertiary/aromatic N) is 1. The Morgan fingerprint density at radius 2 is 2.36 bits per heavy atom. The molecule has 0 bridgehead atoms. The summed E-state index contributed by atoms with van der Waals surface area (Å²) in [6.45, 7) is 4.18. The minimum absolute atomic E-state index is 0.204. The van der Waals surface area contributed by atoms with E-state index in [0.717, 1.165) is 19.5 Å². The summed E-state index contributed by atoms with van der Waals surface area (Å²) in [5, 5.41) is 3.42. The number of piperidine rings is 1. The molecule has 14 heavy (non-hydrogen) atoms. The number of Topliss-reactive ketones (excluding diaryl/α,β-unsaturated/α-hetero) is 1. The summed E-state index contributed by atoms with van der Waals surface area (Å²) in [4.78, 5) is 14.0. The average molecular weight is 196 g/mol. The van der Waals surface area contributed by atoms with Crippen molar-refractivity contribution in [3.8, 4) is 0 Å². The summed E-state index contributed by atoms with van der Waals surface area (Å²) in [5.41, 5.74) is 0. The third kappa shape index (κ3) is 1.59. The second-order valence-electron chi connectivity index (χ2n) is 4.56. The Labute approximate surface area is 85.8 Å². The summed E-state index contributed by atoms with van der Waals surface area (Å²) < 4.78 is 0. The smallest absolute Gasteiger partial charge is 0.149 e. The monoisotopic (exact) mass is 196 g/mol. The van der Waals surface area contributed by atoms with E-state index in [-0.39, 0.29) is 6.04 Å². The zero-order valence-corrected chi connectivity index (χ0v) is 9.12. The van der Waals surface area contributed by atoms with Gasteiger partial charge in [0.1, 0.15) is 5.78 Å². The highest BCUT2D eigenvalue weighted by Gasteiger charge is 2.42. The van der Waals surface area contributed by atoms with E-state index in [1.54, 1.807) is 0 Å². The molecule has 2 rings (SSSR count). The number of likely N-dealkylation sites (N-methyl/N-ethyl adjacent to an activating group) is 1. The molecule has 2 saturated heterocycles. The minimum Gasteiger partial charge on any atom is -0.316 e. The van der Waals surface area contributed by atoms with Gasteiger partial charge in [-0.1, -0.05) is 6.92 Å². The van der Waals surface area contributed by atoms with Gasteiger partial charge >= 0.3 is 0 Å². The minimum atomic E-state index is 0.204. The lowest BCUT2D eigenvalue weighted by Crippen LogP contribution is -2.44. The van der Waals surface area contributed by atoms with E-state index < -0.39 is 0 Å². The number of carbonyl (C=O) groups is 1. The van der Waals surface area contributed by atoms with Crippen LogP contribution >= 0.6 is 0 Å². The van der Waals surface area contributed by atoms with Crippen LogP contribution in [-0.2, 0) is 4.79 Å². The Hall–Kier alpha value is -0.410. The van der Waals surface area contributed by atoms with Crippen molar-refractivity contribution in [2.24, 2.45) is 5.92 Å². The zero-order valence-electron chi connectivity index (χ0n) is 9.12. The maximum Gasteiger partial charge on any atom is 0.149 e. The van der Waals surface area contributed by atoms with Crippen LogP contribution in [0, 0.1) is 5.92 Å². The van der Waals surface area contributed by atoms with Gasteiger partial charge in [-0.3, -0.25) is 9.69 Å². The number of fused-ring (bicyclic) bond motifs is 1. The van der Waals surface area contributed by atoms with Crippen LogP contribution in [0.5, 0.6) is 0 Å². The van der Waals surface area contributed by atoms with Crippen LogP contribution in [-0.4, -0.2) is 42.9 Å². The van der Waals surface area contributed by atoms with Gasteiger partial charge < -0.3 is 5.32 Å². The lowest BCUT2D eigenvalue weighted by atomic mass is 9.93. The Balaban J connectivity index is 2.06. The van der Waals surface area contributed by atoms with Crippen LogP contribution in [0.25, 0.3) is 0 Å². The molecule has 0 radical (unpaired) electrons. The van der Waals surface area contributed by atoms with Gasteiger partial charge in [-0.15, -0.1) is 0 Å². The molecule has 3 heteroatoms. The SMILES string of the molecule is CCC(=O)C1CC2CNCCC2N1C. The van der Waals surface area contributed by atoms with E-state index in [9.17, 15) is 4.79 Å². The van der Waals surface area contributed by atoms with Crippen LogP contribution in [0.4, 0.5) is 0 Å². The highest BCUT2D eigenvalue weighted by Crippen LogP contribution is 2.32. The summed E-state index contributed by atoms with van der Waals surface area (Å²) in [6, 6.07) is 0.853. The van der Waals surface area contributed by atoms with Gasteiger partial charge in [-0.25, -0.2) is 0 Å². The molecule has 80 valence electrons. The summed E-state index contributed by atoms with van der Waals surface area (Å²) >= 11 is 0. The second-order valence-corrected chi connectivity index (χ2v) is 4.56. The molecular formula is C11H20N2O. The van der Waals surface area contributed by atoms with Crippen molar-refractivity contribution >= 4 is 5.78 Å². The number of carbonyl (C=O) groups excluding carboxylic acids is 1. The average Bonchev–Trinajstić information content (AvgIpc) is 2.56. The van der Waals surface area contributed by atoms with Crippen molar-refractivity contribution in [1.82, 2.24) is 10.2 Å². The van der Waals surface area contributed by atoms with Crippen molar-refractivity contribution in [2.75, 3.05) is 20.1 Å². The third-order valence-corrected chi connectivity index (χ3v) is 3.83. The fraction of sp³-hybridized carbons (Fsp3) is 0.909. The van der Waals surface area contributed by atoms with Gasteiger partial charge in [0, 0.05) is 12.5 Å². The lowest BCUT2D eigenvalue weighted by molar-refractivity contribution is -0.123. The number of hydrogen-bond acceptors (Lipinski definition) is 3. The number of hydrogen-bond donors (Lipinski definition) is 1. The molecule has 0 saturated carbocycles. The Morgan fingerprint density at radius 1 is 1.57 bits per heavy atom. The van der Waals surface area contributed by atoms with Crippen molar-refractivity contribution in [2.45, 2.75) is 38.3 Å². The quantitative estimate of drug-likeness (QED) is 0.703. The van der Waals surface area contributed by atoms with Crippen molar-refractivity contribution in [3.63, 3.8) is 0 Å². The molecule has 0 aromatic heterocycles. The van der Waals surface area contributed by atoms with Gasteiger partial charge in [0.2, 0.25) is 0 Å². The molecule has 2 aliphatic heterocycles. The molecule has 0 aromatic carbocycles. The predicted octanol–water partition coefficient (Wildman–Crippen LogP) is 0.648. The number of likely N-dealkylation sites (tertiary alicyclic amines) is 1. The van der Waals surface area contributed by atoms with E-state index in [1.165, 1.54) is 6.42 Å². The molecule has 0 spiro atoms. The Kier molecular flexibility index (Phi) is 2.88. The van der Waals surface area contributed by atoms with Crippen LogP contribution in [0.3, 0.4) is 0 Å². The van der Waals surface area contributed by atoms with E-state index in [1.807, 2.05) is 6.92 Å². The van der Waals surface area contributed by atoms with Gasteiger partial charge in [0.05, 0.1) is 6.04 Å². The van der Waals surface area contributed by atoms with E-state index in [2.05, 4.69) is 17.3 Å². The zero-order chi connectivity index (χ0) is 10.1. The van der Waals surface area contributed by atoms with Crippen LogP contribution in [0.15, 0.2) is 0 Å². The molecule has 0 aromatic rings. The standard InChI is InChI=1S/C11H20N2O/c1-3-11(14)10-6-8-7-12-5-4-9(8)13(10)2/h8-10,12H,3-7H2,1-2H3. The lowest BCUT2D eigenvalue weighted by Gasteiger charge is -2.30. The summed E-state index contributed by atoms with van der Waals surface area (Å²) in [5.74, 6) is 1.12. The highest BCUT2D eigenvalue weighted by atomic mass is 16.1. The molecule has 2 fully saturated rings. The van der Waals surface area contributed by atoms with Crippen LogP contribution in [0.1, 0.15) is 26.2 Å². The van der Waals surface area contributed by atoms with E-state index in [0.29, 0.717) is 24.2 Å². The largest absolute Gasteiger partial charge is 0.316 e. The maximum absolute atomic E-state index is 11.7. The van der Waals surface area contributed by atoms with Gasteiger partial charge in [-0.2, -0.15) is 0 Å². The third-order valence-electron chi connectivity index (χ3n) is 3.83. The van der Waals surface area contributed by atoms with Crippen molar-refractivity contribution < 1.29 is 4.79 Å². The molecule has 0 aliphatic carbocycles. The number of nitrogens with one attached hydrogen (secondary N) is 1. The second kappa shape index (κ2) is 3.99. The van der Waals surface area contributed by atoms with E-state index in [4.69, 9.17) is 0 Å². The summed E-state index contributed by atoms with van der Waals surface area (Å²) in [6.07, 6.45) is 2.96. The Bertz CT molecular complexity index is 229. The molecule has 3 nitrogen and oxygen atoms in total. The number of ketones is 1. The maximum atomic E-state index is 11.7. The van der Waals surface area contributed by atoms with Crippen molar-refractivity contribution in [1.29, 1.82) is 0 Å². The normalized spacial score (nSPS) is 38.3. The van der Waals surface area contributed by atoms with Crippen LogP contribution < -0.4 is 5.32 Å². The molecule has 2 heterocycles. The molecule has 1 N–H and O–H groups in total. The summed E-state index contributed by atoms with van der Waals surface area (Å²) in [7, 11) is 2.12. The highest BCUT2D eigenvalue weighted by molar-refractivity contribution is 5.84. The first kappa shape index (κ1) is 10.1. The molecular weight excluding hydrogens is 176 g/mol. The van der Waals surface area contributed by atoms with Crippen LogP contribution in [0.2, 0.25) is 0 Å². The van der Waals surface area contributed by atoms with Gasteiger partial charge in [0.25, 0.3) is 0 Å². The van der Waals surface area contributed by atoms with Gasteiger partial charge in [0.15, 0.2) is 0 Å². The Morgan fingerprint density at radius 3 is 3.00 bits per heavy atom. The molecule has 2 aliphatic rings. The first-order valence-electron chi connectivity index (χ1n) is 5.69. The predicted molar refractivity (Wildman–Crippen MR) is 56.2 cm³/mol. The topological polar surface area (TPSA) is 32.3 Å². The molecule has 3 unspecified atom stereocenters. The fourth-order valence-corrected chi connectivity index (χ4v) is 2.96. The van der Waals surface area contributed by atoms with Crippen molar-refractivity contribution in [3.05, 3.63) is 0 Å². The molecule has 0 amide bonds. The first-order valence-corrected chi connectivity index (χ1v) is 5.69.